The van der Waals surface area contributed by atoms with E-state index in [0.29, 0.717) is 22.0 Å². The van der Waals surface area contributed by atoms with Crippen molar-refractivity contribution in [2.75, 3.05) is 9.80 Å². The van der Waals surface area contributed by atoms with Gasteiger partial charge in [0.2, 0.25) is 0 Å². The van der Waals surface area contributed by atoms with Crippen LogP contribution in [0.5, 0.6) is 0 Å². The highest BCUT2D eigenvalue weighted by molar-refractivity contribution is 7.00. The van der Waals surface area contributed by atoms with Crippen molar-refractivity contribution in [2.24, 2.45) is 0 Å². The molecule has 0 saturated heterocycles. The molecule has 0 unspecified atom stereocenters. The fourth-order valence-corrected chi connectivity index (χ4v) is 20.1. The van der Waals surface area contributed by atoms with Crippen molar-refractivity contribution in [1.29, 1.82) is 0 Å². The number of rotatable bonds is 10. The lowest BCUT2D eigenvalue weighted by Crippen LogP contribution is -2.61. The van der Waals surface area contributed by atoms with Gasteiger partial charge in [0.15, 0.2) is 0 Å². The SMILES string of the molecule is [2H]c1c([2H])c([2H])c2c(c1[2H])c1cc(-n3c4ccccc4c4ccccc43)ccc1n2-c1cc2c3c(c1)N(c1c(-c4ccccc4)cc(C(C)(C)C)cc1-c1ccccc1)c1cc(-n4c5ccc(C(C)(C)C)cc5c5cc(C(C)(C)C)ccc54)ccc1B3c1ccc(-c3cc(C(C)(C)C)cc(C(C)(C)C)c3)cc1N2c1c(-c2ccccc2)cc(C(C)(C)C)cc1-c1ccccc1. The Kier molecular flexibility index (Phi) is 17.3. The van der Waals surface area contributed by atoms with Crippen LogP contribution in [0.4, 0.5) is 34.1 Å². The lowest BCUT2D eigenvalue weighted by atomic mass is 9.33. The van der Waals surface area contributed by atoms with E-state index in [-0.39, 0.29) is 56.7 Å². The molecule has 16 aromatic carbocycles. The first-order valence-electron chi connectivity index (χ1n) is 46.9. The first kappa shape index (κ1) is 75.1. The van der Waals surface area contributed by atoms with E-state index in [0.717, 1.165) is 156 Å². The smallest absolute Gasteiger partial charge is 0.252 e. The minimum atomic E-state index is -0.458. The molecular weight excluding hydrogens is 1520 g/mol. The van der Waals surface area contributed by atoms with Gasteiger partial charge in [-0.05, 0) is 231 Å². The molecule has 126 heavy (non-hydrogen) atoms. The molecule has 618 valence electrons. The number of fused-ring (bicyclic) bond motifs is 13. The summed E-state index contributed by atoms with van der Waals surface area (Å²) < 4.78 is 48.0. The van der Waals surface area contributed by atoms with Crippen LogP contribution in [0.3, 0.4) is 0 Å². The van der Waals surface area contributed by atoms with Gasteiger partial charge in [0.05, 0.1) is 55.6 Å². The Morgan fingerprint density at radius 2 is 0.556 bits per heavy atom. The molecule has 0 atom stereocenters. The van der Waals surface area contributed by atoms with Gasteiger partial charge in [-0.1, -0.05) is 349 Å². The molecule has 0 saturated carbocycles. The number of para-hydroxylation sites is 3. The second-order valence-corrected chi connectivity index (χ2v) is 41.6. The van der Waals surface area contributed by atoms with Crippen LogP contribution in [-0.2, 0) is 32.5 Å². The van der Waals surface area contributed by atoms with Crippen LogP contribution in [0.25, 0.3) is 138 Å². The highest BCUT2D eigenvalue weighted by atomic mass is 15.2. The van der Waals surface area contributed by atoms with Crippen molar-refractivity contribution in [1.82, 2.24) is 13.7 Å². The van der Waals surface area contributed by atoms with Gasteiger partial charge >= 0.3 is 0 Å². The fraction of sp³-hybridized carbons (Fsp3) is 0.200. The highest BCUT2D eigenvalue weighted by Crippen LogP contribution is 2.57. The number of anilines is 6. The number of aromatic nitrogens is 3. The molecule has 3 aromatic heterocycles. The third-order valence-corrected chi connectivity index (χ3v) is 27.0. The summed E-state index contributed by atoms with van der Waals surface area (Å²) in [4.78, 5) is 5.28. The quantitative estimate of drug-likeness (QED) is 0.127. The number of benzene rings is 16. The van der Waals surface area contributed by atoms with E-state index in [4.69, 9.17) is 0 Å². The Bertz CT molecular complexity index is 7610. The van der Waals surface area contributed by atoms with E-state index in [1.807, 2.05) is 0 Å². The molecule has 5 heterocycles. The van der Waals surface area contributed by atoms with Crippen molar-refractivity contribution < 1.29 is 5.48 Å². The summed E-state index contributed by atoms with van der Waals surface area (Å²) in [6.45, 7) is 41.4. The minimum Gasteiger partial charge on any atom is -0.310 e. The van der Waals surface area contributed by atoms with Gasteiger partial charge in [0.25, 0.3) is 6.71 Å². The Hall–Kier alpha value is -13.4. The lowest BCUT2D eigenvalue weighted by molar-refractivity contribution is 0.569. The third kappa shape index (κ3) is 13.3. The summed E-state index contributed by atoms with van der Waals surface area (Å²) >= 11 is 0. The topological polar surface area (TPSA) is 21.3 Å². The minimum absolute atomic E-state index is 0.109. The van der Waals surface area contributed by atoms with Gasteiger partial charge in [0.1, 0.15) is 0 Å². The number of nitrogens with zero attached hydrogens (tertiary/aromatic N) is 5. The Labute approximate surface area is 749 Å². The zero-order valence-electron chi connectivity index (χ0n) is 79.8. The van der Waals surface area contributed by atoms with E-state index < -0.39 is 6.71 Å². The fourth-order valence-electron chi connectivity index (χ4n) is 20.1. The molecule has 0 bridgehead atoms. The maximum absolute atomic E-state index is 10.7. The first-order valence-corrected chi connectivity index (χ1v) is 44.9. The summed E-state index contributed by atoms with van der Waals surface area (Å²) in [6, 6.07) is 118. The molecule has 2 aliphatic rings. The Balaban J connectivity index is 0.991. The van der Waals surface area contributed by atoms with E-state index >= 15 is 0 Å². The third-order valence-electron chi connectivity index (χ3n) is 27.0. The highest BCUT2D eigenvalue weighted by Gasteiger charge is 2.47. The molecule has 6 heteroatoms. The maximum Gasteiger partial charge on any atom is 0.252 e. The van der Waals surface area contributed by atoms with Crippen molar-refractivity contribution in [3.63, 3.8) is 0 Å². The molecule has 0 N–H and O–H groups in total. The molecule has 5 nitrogen and oxygen atoms in total. The van der Waals surface area contributed by atoms with Crippen LogP contribution in [0.2, 0.25) is 0 Å². The van der Waals surface area contributed by atoms with E-state index in [1.165, 1.54) is 44.2 Å². The van der Waals surface area contributed by atoms with Gasteiger partial charge in [-0.3, -0.25) is 0 Å². The normalized spacial score (nSPS) is 13.7. The van der Waals surface area contributed by atoms with Crippen LogP contribution in [0, 0.1) is 0 Å². The monoisotopic (exact) mass is 1640 g/mol. The summed E-state index contributed by atoms with van der Waals surface area (Å²) in [7, 11) is 0. The number of hydrogen-bond acceptors (Lipinski definition) is 2. The molecule has 0 aliphatic carbocycles. The summed E-state index contributed by atoms with van der Waals surface area (Å²) in [6.07, 6.45) is 0. The zero-order valence-corrected chi connectivity index (χ0v) is 75.8. The van der Waals surface area contributed by atoms with E-state index in [9.17, 15) is 5.48 Å². The van der Waals surface area contributed by atoms with Crippen LogP contribution >= 0.6 is 0 Å². The van der Waals surface area contributed by atoms with Gasteiger partial charge in [-0.25, -0.2) is 0 Å². The van der Waals surface area contributed by atoms with Crippen LogP contribution < -0.4 is 26.2 Å². The van der Waals surface area contributed by atoms with Crippen molar-refractivity contribution in [2.45, 2.75) is 157 Å². The van der Waals surface area contributed by atoms with Gasteiger partial charge in [-0.15, -0.1) is 0 Å². The molecule has 0 amide bonds. The van der Waals surface area contributed by atoms with Gasteiger partial charge in [0, 0.05) is 88.7 Å². The second kappa shape index (κ2) is 29.1. The van der Waals surface area contributed by atoms with Crippen molar-refractivity contribution >= 4 is 123 Å². The second-order valence-electron chi connectivity index (χ2n) is 41.6. The average molecular weight is 1640 g/mol. The van der Waals surface area contributed by atoms with Gasteiger partial charge < -0.3 is 23.5 Å². The summed E-state index contributed by atoms with van der Waals surface area (Å²) in [5.41, 5.74) is 33.8. The van der Waals surface area contributed by atoms with Gasteiger partial charge in [-0.2, -0.15) is 0 Å². The first-order chi connectivity index (χ1) is 62.0. The standard InChI is InChI=1S/C120H110BN5/c1-115(2,3)81-52-58-105-97(65-81)98-66-82(116(4,5)6)53-59-106(98)123(105)88-54-57-101-109(72-88)126(114-95(77-41-27-21-28-42-77)69-86(120(16,17)18)70-96(114)78-43-29-22-30-44-78)111-74-89(124-104-50-36-33-47-92(104)99-71-87(55-60-107(99)124)122-102-48-34-31-45-90(102)91-46-32-35-49-103(91)122)73-110-112(111)121(101)100-56-51-79(80-61-83(117(7,8)9)64-84(62-80)118(10,11)12)63-108(100)125(110)113-93(75-37-23-19-24-38-75)67-85(119(13,14)15)68-94(113)76-39-25-20-26-40-76/h19-74H,1-18H3/i33D,36D,47D,50D. The Morgan fingerprint density at radius 1 is 0.222 bits per heavy atom. The molecule has 0 spiro atoms. The largest absolute Gasteiger partial charge is 0.310 e. The summed E-state index contributed by atoms with van der Waals surface area (Å²) in [5, 5.41) is 5.75. The predicted octanol–water partition coefficient (Wildman–Crippen LogP) is 31.2. The average Bonchev–Trinajstić information content (AvgIpc) is 0.772. The van der Waals surface area contributed by atoms with Crippen molar-refractivity contribution in [3.05, 3.63) is 373 Å². The van der Waals surface area contributed by atoms with Crippen LogP contribution in [0.15, 0.2) is 340 Å². The Morgan fingerprint density at radius 3 is 0.984 bits per heavy atom. The predicted molar refractivity (Wildman–Crippen MR) is 543 cm³/mol. The molecule has 21 rings (SSSR count). The molecule has 0 radical (unpaired) electrons. The number of hydrogen-bond donors (Lipinski definition) is 0. The maximum atomic E-state index is 10.7. The lowest BCUT2D eigenvalue weighted by Gasteiger charge is -2.46. The van der Waals surface area contributed by atoms with Crippen LogP contribution in [-0.4, -0.2) is 20.4 Å². The van der Waals surface area contributed by atoms with E-state index in [1.54, 1.807) is 0 Å². The molecular formula is C120H110BN5. The van der Waals surface area contributed by atoms with Crippen molar-refractivity contribution in [3.8, 4) is 72.7 Å². The molecule has 19 aromatic rings. The zero-order chi connectivity index (χ0) is 90.6. The van der Waals surface area contributed by atoms with E-state index in [2.05, 4.69) is 464 Å². The van der Waals surface area contributed by atoms with Crippen LogP contribution in [0.1, 0.15) is 163 Å². The molecule has 2 aliphatic heterocycles. The molecule has 0 fully saturated rings. The summed E-state index contributed by atoms with van der Waals surface area (Å²) in [5.74, 6) is 0.